The average Bonchev–Trinajstić information content (AvgIpc) is 2.83. The van der Waals surface area contributed by atoms with Gasteiger partial charge < -0.3 is 11.1 Å². The van der Waals surface area contributed by atoms with E-state index in [1.807, 2.05) is 12.3 Å². The van der Waals surface area contributed by atoms with E-state index in [1.54, 1.807) is 11.3 Å². The maximum absolute atomic E-state index is 12.2. The van der Waals surface area contributed by atoms with Crippen LogP contribution in [0.25, 0.3) is 0 Å². The van der Waals surface area contributed by atoms with Crippen LogP contribution in [0.3, 0.4) is 0 Å². The highest BCUT2D eigenvalue weighted by molar-refractivity contribution is 7.09. The van der Waals surface area contributed by atoms with Crippen molar-refractivity contribution in [3.63, 3.8) is 0 Å². The van der Waals surface area contributed by atoms with Crippen LogP contribution in [0.1, 0.15) is 50.2 Å². The van der Waals surface area contributed by atoms with E-state index < -0.39 is 0 Å². The summed E-state index contributed by atoms with van der Waals surface area (Å²) in [5.41, 5.74) is 6.83. The molecule has 1 heterocycles. The van der Waals surface area contributed by atoms with Crippen molar-refractivity contribution in [1.29, 1.82) is 0 Å². The number of nitrogens with two attached hydrogens (primary N) is 1. The molecule has 0 aromatic carbocycles. The smallest absolute Gasteiger partial charge is 0.225 e. The Morgan fingerprint density at radius 3 is 2.81 bits per heavy atom. The van der Waals surface area contributed by atoms with Gasteiger partial charge in [-0.25, -0.2) is 4.98 Å². The Morgan fingerprint density at radius 1 is 1.52 bits per heavy atom. The minimum atomic E-state index is -0.362. The summed E-state index contributed by atoms with van der Waals surface area (Å²) in [6, 6.07) is 0. The maximum atomic E-state index is 12.2. The average molecular weight is 354 g/mol. The number of hydrogen-bond donors (Lipinski definition) is 2. The molecule has 2 rings (SSSR count). The molecule has 4 nitrogen and oxygen atoms in total. The summed E-state index contributed by atoms with van der Waals surface area (Å²) in [7, 11) is 0. The second-order valence-corrected chi connectivity index (χ2v) is 6.55. The first-order valence-electron chi connectivity index (χ1n) is 7.03. The van der Waals surface area contributed by atoms with Crippen molar-refractivity contribution in [2.75, 3.05) is 0 Å². The van der Waals surface area contributed by atoms with Crippen molar-refractivity contribution in [1.82, 2.24) is 10.3 Å². The van der Waals surface area contributed by atoms with Gasteiger partial charge in [0.05, 0.1) is 23.2 Å². The van der Waals surface area contributed by atoms with Crippen LogP contribution in [-0.2, 0) is 17.8 Å². The van der Waals surface area contributed by atoms with Crippen molar-refractivity contribution in [2.24, 2.45) is 11.7 Å². The topological polar surface area (TPSA) is 68.0 Å². The highest BCUT2D eigenvalue weighted by atomic mass is 35.5. The third kappa shape index (κ3) is 5.40. The molecular weight excluding hydrogens is 329 g/mol. The first kappa shape index (κ1) is 20.6. The van der Waals surface area contributed by atoms with Gasteiger partial charge in [0.2, 0.25) is 5.91 Å². The zero-order valence-electron chi connectivity index (χ0n) is 12.6. The third-order valence-electron chi connectivity index (χ3n) is 3.92. The van der Waals surface area contributed by atoms with Crippen molar-refractivity contribution in [3.8, 4) is 0 Å². The Labute approximate surface area is 143 Å². The number of hydrogen-bond acceptors (Lipinski definition) is 4. The molecule has 1 aromatic rings. The molecule has 2 atom stereocenters. The number of carbonyl (C=O) groups excluding carboxylic acids is 1. The molecule has 0 aliphatic heterocycles. The quantitative estimate of drug-likeness (QED) is 0.873. The molecule has 0 spiro atoms. The number of halogens is 2. The zero-order valence-corrected chi connectivity index (χ0v) is 15.0. The third-order valence-corrected chi connectivity index (χ3v) is 4.96. The van der Waals surface area contributed by atoms with E-state index in [4.69, 9.17) is 5.73 Å². The SMILES string of the molecule is CCc1nc(CNC(=O)C2CCCCC2(C)N)cs1.Cl.Cl. The number of rotatable bonds is 4. The lowest BCUT2D eigenvalue weighted by molar-refractivity contribution is -0.128. The van der Waals surface area contributed by atoms with Crippen LogP contribution in [0.4, 0.5) is 0 Å². The lowest BCUT2D eigenvalue weighted by atomic mass is 9.74. The van der Waals surface area contributed by atoms with Crippen LogP contribution in [0.2, 0.25) is 0 Å². The standard InChI is InChI=1S/C14H23N3OS.2ClH/c1-3-12-17-10(9-19-12)8-16-13(18)11-6-4-5-7-14(11,2)15;;/h9,11H,3-8,15H2,1-2H3,(H,16,18);2*1H. The van der Waals surface area contributed by atoms with Gasteiger partial charge >= 0.3 is 0 Å². The molecule has 1 aliphatic rings. The molecular formula is C14H25Cl2N3OS. The summed E-state index contributed by atoms with van der Waals surface area (Å²) in [4.78, 5) is 16.7. The summed E-state index contributed by atoms with van der Waals surface area (Å²) >= 11 is 1.65. The van der Waals surface area contributed by atoms with Gasteiger partial charge in [0, 0.05) is 10.9 Å². The van der Waals surface area contributed by atoms with Crippen molar-refractivity contribution >= 4 is 42.1 Å². The molecule has 0 bridgehead atoms. The summed E-state index contributed by atoms with van der Waals surface area (Å²) in [5, 5.41) is 6.12. The number of aromatic nitrogens is 1. The first-order chi connectivity index (χ1) is 9.03. The van der Waals surface area contributed by atoms with Crippen molar-refractivity contribution < 1.29 is 4.79 Å². The molecule has 1 aromatic heterocycles. The Kier molecular flexibility index (Phi) is 8.78. The van der Waals surface area contributed by atoms with E-state index in [-0.39, 0.29) is 42.2 Å². The molecule has 2 unspecified atom stereocenters. The lowest BCUT2D eigenvalue weighted by Crippen LogP contribution is -2.52. The number of nitrogens with one attached hydrogen (secondary N) is 1. The van der Waals surface area contributed by atoms with E-state index in [2.05, 4.69) is 17.2 Å². The van der Waals surface area contributed by atoms with Crippen molar-refractivity contribution in [3.05, 3.63) is 16.1 Å². The van der Waals surface area contributed by atoms with Crippen LogP contribution in [-0.4, -0.2) is 16.4 Å². The van der Waals surface area contributed by atoms with E-state index in [1.165, 1.54) is 0 Å². The highest BCUT2D eigenvalue weighted by Crippen LogP contribution is 2.31. The van der Waals surface area contributed by atoms with Gasteiger partial charge in [-0.3, -0.25) is 4.79 Å². The second-order valence-electron chi connectivity index (χ2n) is 5.61. The molecule has 1 fully saturated rings. The Hall–Kier alpha value is -0.360. The Bertz CT molecular complexity index is 451. The normalized spacial score (nSPS) is 24.6. The van der Waals surface area contributed by atoms with Crippen LogP contribution in [0, 0.1) is 5.92 Å². The Balaban J connectivity index is 0.00000200. The summed E-state index contributed by atoms with van der Waals surface area (Å²) in [6.45, 7) is 4.60. The number of carbonyl (C=O) groups is 1. The fraction of sp³-hybridized carbons (Fsp3) is 0.714. The number of aryl methyl sites for hydroxylation is 1. The van der Waals surface area contributed by atoms with Gasteiger partial charge in [-0.2, -0.15) is 0 Å². The predicted molar refractivity (Wildman–Crippen MR) is 92.4 cm³/mol. The van der Waals surface area contributed by atoms with Gasteiger partial charge in [0.15, 0.2) is 0 Å². The van der Waals surface area contributed by atoms with Crippen LogP contribution < -0.4 is 11.1 Å². The second kappa shape index (κ2) is 8.93. The number of amides is 1. The molecule has 21 heavy (non-hydrogen) atoms. The predicted octanol–water partition coefficient (Wildman–Crippen LogP) is 3.07. The van der Waals surface area contributed by atoms with Crippen LogP contribution in [0.5, 0.6) is 0 Å². The highest BCUT2D eigenvalue weighted by Gasteiger charge is 2.37. The summed E-state index contributed by atoms with van der Waals surface area (Å²) < 4.78 is 0. The van der Waals surface area contributed by atoms with Gasteiger partial charge in [-0.1, -0.05) is 19.8 Å². The molecule has 0 radical (unpaired) electrons. The monoisotopic (exact) mass is 353 g/mol. The molecule has 3 N–H and O–H groups in total. The first-order valence-corrected chi connectivity index (χ1v) is 7.91. The van der Waals surface area contributed by atoms with Gasteiger partial charge in [0.25, 0.3) is 0 Å². The molecule has 122 valence electrons. The Morgan fingerprint density at radius 2 is 2.24 bits per heavy atom. The molecule has 1 saturated carbocycles. The van der Waals surface area contributed by atoms with Gasteiger partial charge in [-0.15, -0.1) is 36.2 Å². The number of nitrogens with zero attached hydrogens (tertiary/aromatic N) is 1. The minimum absolute atomic E-state index is 0. The lowest BCUT2D eigenvalue weighted by Gasteiger charge is -2.37. The fourth-order valence-electron chi connectivity index (χ4n) is 2.68. The summed E-state index contributed by atoms with van der Waals surface area (Å²) in [5.74, 6) is 0.0151. The van der Waals surface area contributed by atoms with Crippen molar-refractivity contribution in [2.45, 2.75) is 58.0 Å². The zero-order chi connectivity index (χ0) is 13.9. The maximum Gasteiger partial charge on any atom is 0.225 e. The summed E-state index contributed by atoms with van der Waals surface area (Å²) in [6.07, 6.45) is 5.00. The molecule has 1 aliphatic carbocycles. The minimum Gasteiger partial charge on any atom is -0.350 e. The number of thiazole rings is 1. The van der Waals surface area contributed by atoms with E-state index in [0.717, 1.165) is 42.8 Å². The van der Waals surface area contributed by atoms with E-state index in [9.17, 15) is 4.79 Å². The van der Waals surface area contributed by atoms with E-state index in [0.29, 0.717) is 6.54 Å². The van der Waals surface area contributed by atoms with Gasteiger partial charge in [-0.05, 0) is 26.2 Å². The molecule has 7 heteroatoms. The van der Waals surface area contributed by atoms with E-state index >= 15 is 0 Å². The van der Waals surface area contributed by atoms with Gasteiger partial charge in [0.1, 0.15) is 0 Å². The fourth-order valence-corrected chi connectivity index (χ4v) is 3.43. The van der Waals surface area contributed by atoms with Crippen LogP contribution in [0.15, 0.2) is 5.38 Å². The molecule has 1 amide bonds. The largest absolute Gasteiger partial charge is 0.350 e. The van der Waals surface area contributed by atoms with Crippen LogP contribution >= 0.6 is 36.2 Å². The molecule has 0 saturated heterocycles.